The standard InChI is InChI=1S/C21H19N3OS/c25-20(14-26-21-12-16-7-2-4-11-19(16)23-21)24-22-13-17-9-5-8-15-6-1-3-10-18(15)17/h1-5,7-9,11,13H,6,10,12,14H2,(H,24,25)/b22-13+. The summed E-state index contributed by atoms with van der Waals surface area (Å²) < 4.78 is 0. The Morgan fingerprint density at radius 2 is 1.96 bits per heavy atom. The molecule has 26 heavy (non-hydrogen) atoms. The number of benzene rings is 2. The summed E-state index contributed by atoms with van der Waals surface area (Å²) in [6, 6.07) is 14.3. The molecule has 0 bridgehead atoms. The molecule has 0 saturated heterocycles. The molecule has 0 aromatic heterocycles. The molecule has 2 aromatic carbocycles. The molecule has 1 heterocycles. The summed E-state index contributed by atoms with van der Waals surface area (Å²) in [7, 11) is 0. The van der Waals surface area contributed by atoms with Crippen molar-refractivity contribution in [3.8, 4) is 0 Å². The van der Waals surface area contributed by atoms with Crippen LogP contribution in [0.2, 0.25) is 0 Å². The Hall–Kier alpha value is -2.66. The van der Waals surface area contributed by atoms with Gasteiger partial charge in [-0.15, -0.1) is 11.8 Å². The number of aliphatic imine (C=N–C) groups is 1. The Morgan fingerprint density at radius 1 is 1.12 bits per heavy atom. The molecule has 4 nitrogen and oxygen atoms in total. The van der Waals surface area contributed by atoms with E-state index in [2.05, 4.69) is 39.8 Å². The van der Waals surface area contributed by atoms with Crippen molar-refractivity contribution in [1.29, 1.82) is 0 Å². The number of nitrogens with one attached hydrogen (secondary N) is 1. The zero-order valence-corrected chi connectivity index (χ0v) is 15.1. The molecule has 1 aliphatic heterocycles. The van der Waals surface area contributed by atoms with Gasteiger partial charge in [0.1, 0.15) is 0 Å². The van der Waals surface area contributed by atoms with Gasteiger partial charge in [-0.1, -0.05) is 48.6 Å². The van der Waals surface area contributed by atoms with Gasteiger partial charge in [0.15, 0.2) is 0 Å². The molecule has 2 aliphatic rings. The molecule has 0 radical (unpaired) electrons. The fourth-order valence-corrected chi connectivity index (χ4v) is 3.95. The Kier molecular flexibility index (Phi) is 4.97. The number of hydrazone groups is 1. The molecule has 4 rings (SSSR count). The topological polar surface area (TPSA) is 53.8 Å². The summed E-state index contributed by atoms with van der Waals surface area (Å²) >= 11 is 1.47. The summed E-state index contributed by atoms with van der Waals surface area (Å²) in [6.45, 7) is 0. The zero-order chi connectivity index (χ0) is 17.8. The van der Waals surface area contributed by atoms with Gasteiger partial charge in [0.05, 0.1) is 22.7 Å². The van der Waals surface area contributed by atoms with Crippen LogP contribution in [-0.2, 0) is 24.1 Å². The van der Waals surface area contributed by atoms with E-state index in [1.807, 2.05) is 30.3 Å². The van der Waals surface area contributed by atoms with Crippen molar-refractivity contribution in [2.75, 3.05) is 5.75 Å². The third kappa shape index (κ3) is 3.78. The van der Waals surface area contributed by atoms with Crippen molar-refractivity contribution >= 4 is 34.6 Å². The minimum atomic E-state index is -0.116. The van der Waals surface area contributed by atoms with E-state index < -0.39 is 0 Å². The molecular weight excluding hydrogens is 342 g/mol. The fourth-order valence-electron chi connectivity index (χ4n) is 3.17. The first-order valence-corrected chi connectivity index (χ1v) is 9.64. The van der Waals surface area contributed by atoms with Gasteiger partial charge in [-0.25, -0.2) is 10.4 Å². The van der Waals surface area contributed by atoms with E-state index in [4.69, 9.17) is 0 Å². The van der Waals surface area contributed by atoms with E-state index in [0.29, 0.717) is 5.75 Å². The number of fused-ring (bicyclic) bond motifs is 2. The summed E-state index contributed by atoms with van der Waals surface area (Å²) in [4.78, 5) is 16.6. The number of para-hydroxylation sites is 1. The van der Waals surface area contributed by atoms with Crippen molar-refractivity contribution < 1.29 is 4.79 Å². The maximum absolute atomic E-state index is 12.0. The minimum Gasteiger partial charge on any atom is -0.272 e. The van der Waals surface area contributed by atoms with Crippen molar-refractivity contribution in [3.63, 3.8) is 0 Å². The van der Waals surface area contributed by atoms with Gasteiger partial charge in [0.2, 0.25) is 5.91 Å². The average Bonchev–Trinajstić information content (AvgIpc) is 3.10. The highest BCUT2D eigenvalue weighted by molar-refractivity contribution is 8.14. The van der Waals surface area contributed by atoms with Crippen molar-refractivity contribution in [1.82, 2.24) is 5.43 Å². The first-order valence-electron chi connectivity index (χ1n) is 8.65. The monoisotopic (exact) mass is 361 g/mol. The van der Waals surface area contributed by atoms with Gasteiger partial charge < -0.3 is 0 Å². The van der Waals surface area contributed by atoms with Crippen LogP contribution in [0.25, 0.3) is 0 Å². The zero-order valence-electron chi connectivity index (χ0n) is 14.3. The second-order valence-corrected chi connectivity index (χ2v) is 7.31. The highest BCUT2D eigenvalue weighted by Gasteiger charge is 2.15. The maximum atomic E-state index is 12.0. The molecule has 5 heteroatoms. The molecule has 0 fully saturated rings. The maximum Gasteiger partial charge on any atom is 0.250 e. The number of rotatable bonds is 4. The van der Waals surface area contributed by atoms with Crippen LogP contribution in [0.5, 0.6) is 0 Å². The number of nitrogens with zero attached hydrogens (tertiary/aromatic N) is 2. The number of allylic oxidation sites excluding steroid dienone is 2. The van der Waals surface area contributed by atoms with Crippen LogP contribution in [0, 0.1) is 0 Å². The normalized spacial score (nSPS) is 14.8. The van der Waals surface area contributed by atoms with Crippen LogP contribution >= 0.6 is 11.8 Å². The number of hydrogen-bond donors (Lipinski definition) is 1. The highest BCUT2D eigenvalue weighted by atomic mass is 32.2. The molecule has 2 aromatic rings. The van der Waals surface area contributed by atoms with Gasteiger partial charge in [0, 0.05) is 6.42 Å². The Morgan fingerprint density at radius 3 is 2.88 bits per heavy atom. The third-order valence-electron chi connectivity index (χ3n) is 4.48. The Labute approximate surface area is 157 Å². The van der Waals surface area contributed by atoms with E-state index in [1.54, 1.807) is 6.21 Å². The molecule has 0 unspecified atom stereocenters. The number of hydrogen-bond acceptors (Lipinski definition) is 4. The molecule has 0 saturated carbocycles. The predicted octanol–water partition coefficient (Wildman–Crippen LogP) is 3.81. The Bertz CT molecular complexity index is 931. The van der Waals surface area contributed by atoms with Gasteiger partial charge in [-0.3, -0.25) is 4.79 Å². The fraction of sp³-hybridized carbons (Fsp3) is 0.190. The van der Waals surface area contributed by atoms with Crippen LogP contribution in [0.3, 0.4) is 0 Å². The SMILES string of the molecule is O=C(CSC1=Nc2ccccc2C1)N/N=C/c1cccc2c1CC=CC2. The van der Waals surface area contributed by atoms with Gasteiger partial charge in [-0.2, -0.15) is 5.10 Å². The smallest absolute Gasteiger partial charge is 0.250 e. The van der Waals surface area contributed by atoms with Crippen LogP contribution in [0.1, 0.15) is 22.3 Å². The number of carbonyl (C=O) groups is 1. The number of amides is 1. The minimum absolute atomic E-state index is 0.116. The summed E-state index contributed by atoms with van der Waals surface area (Å²) in [6.07, 6.45) is 8.79. The van der Waals surface area contributed by atoms with Crippen molar-refractivity contribution in [2.24, 2.45) is 10.1 Å². The predicted molar refractivity (Wildman–Crippen MR) is 108 cm³/mol. The van der Waals surface area contributed by atoms with Crippen LogP contribution < -0.4 is 5.43 Å². The molecule has 1 amide bonds. The van der Waals surface area contributed by atoms with Gasteiger partial charge in [-0.05, 0) is 41.2 Å². The summed E-state index contributed by atoms with van der Waals surface area (Å²) in [5, 5.41) is 5.11. The lowest BCUT2D eigenvalue weighted by molar-refractivity contribution is -0.118. The second-order valence-electron chi connectivity index (χ2n) is 6.26. The molecule has 0 spiro atoms. The summed E-state index contributed by atoms with van der Waals surface area (Å²) in [5.41, 5.74) is 8.54. The lowest BCUT2D eigenvalue weighted by Crippen LogP contribution is -2.20. The second kappa shape index (κ2) is 7.70. The van der Waals surface area contributed by atoms with E-state index in [0.717, 1.165) is 35.6 Å². The number of thioether (sulfide) groups is 1. The van der Waals surface area contributed by atoms with E-state index in [-0.39, 0.29) is 5.91 Å². The lowest BCUT2D eigenvalue weighted by atomic mass is 9.93. The largest absolute Gasteiger partial charge is 0.272 e. The molecular formula is C21H19N3OS. The third-order valence-corrected chi connectivity index (χ3v) is 5.45. The molecule has 130 valence electrons. The van der Waals surface area contributed by atoms with Crippen molar-refractivity contribution in [2.45, 2.75) is 19.3 Å². The van der Waals surface area contributed by atoms with E-state index in [9.17, 15) is 4.79 Å². The first-order chi connectivity index (χ1) is 12.8. The first kappa shape index (κ1) is 16.8. The van der Waals surface area contributed by atoms with E-state index >= 15 is 0 Å². The van der Waals surface area contributed by atoms with Crippen LogP contribution in [-0.4, -0.2) is 22.9 Å². The van der Waals surface area contributed by atoms with Crippen LogP contribution in [0.15, 0.2) is 64.7 Å². The quantitative estimate of drug-likeness (QED) is 0.511. The van der Waals surface area contributed by atoms with Crippen molar-refractivity contribution in [3.05, 3.63) is 76.9 Å². The highest BCUT2D eigenvalue weighted by Crippen LogP contribution is 2.29. The summed E-state index contributed by atoms with van der Waals surface area (Å²) in [5.74, 6) is 0.203. The van der Waals surface area contributed by atoms with E-state index in [1.165, 1.54) is 28.5 Å². The van der Waals surface area contributed by atoms with Gasteiger partial charge >= 0.3 is 0 Å². The van der Waals surface area contributed by atoms with Gasteiger partial charge in [0.25, 0.3) is 0 Å². The Balaban J connectivity index is 1.30. The average molecular weight is 361 g/mol. The number of carbonyl (C=O) groups excluding carboxylic acids is 1. The molecule has 0 atom stereocenters. The van der Waals surface area contributed by atoms with Crippen LogP contribution in [0.4, 0.5) is 5.69 Å². The lowest BCUT2D eigenvalue weighted by Gasteiger charge is -2.13. The molecule has 1 aliphatic carbocycles. The molecule has 1 N–H and O–H groups in total.